The van der Waals surface area contributed by atoms with Gasteiger partial charge >= 0.3 is 77.6 Å². The average Bonchev–Trinajstić information content (AvgIpc) is 1.65. The van der Waals surface area contributed by atoms with E-state index in [4.69, 9.17) is 0 Å². The first-order chi connectivity index (χ1) is 3.65. The summed E-state index contributed by atoms with van der Waals surface area (Å²) in [6, 6.07) is 0. The monoisotopic (exact) mass is 212 g/mol. The van der Waals surface area contributed by atoms with Crippen LogP contribution in [0.15, 0.2) is 5.16 Å². The number of hydrogen-bond donors (Lipinski definition) is 0. The quantitative estimate of drug-likeness (QED) is 0.539. The number of hydrogen-bond acceptors (Lipinski definition) is 0. The Balaban J connectivity index is 0. The van der Waals surface area contributed by atoms with Crippen LogP contribution in [-0.4, -0.2) is 56.5 Å². The molecule has 0 aliphatic heterocycles. The Labute approximate surface area is 88.8 Å². The zero-order valence-corrected chi connectivity index (χ0v) is 8.95. The van der Waals surface area contributed by atoms with Crippen LogP contribution in [0.25, 0.3) is 0 Å². The number of rotatable bonds is 0. The molecule has 6 heteroatoms. The fourth-order valence-corrected chi connectivity index (χ4v) is 0. The van der Waals surface area contributed by atoms with Gasteiger partial charge in [0.2, 0.25) is 0 Å². The summed E-state index contributed by atoms with van der Waals surface area (Å²) in [5.41, 5.74) is 0. The molecule has 0 heterocycles. The molecule has 0 unspecified atom stereocenters. The van der Waals surface area contributed by atoms with Crippen LogP contribution in [0, 0.1) is 0 Å². The zero-order valence-electron chi connectivity index (χ0n) is 4.24. The summed E-state index contributed by atoms with van der Waals surface area (Å²) in [4.78, 5) is 1.90. The molecule has 0 radical (unpaired) electrons. The van der Waals surface area contributed by atoms with E-state index < -0.39 is 7.54 Å². The summed E-state index contributed by atoms with van der Waals surface area (Å²) in [6.45, 7) is 0. The van der Waals surface area contributed by atoms with Gasteiger partial charge in [-0.1, -0.05) is 0 Å². The summed E-state index contributed by atoms with van der Waals surface area (Å²) in [5, 5.41) is 0. The molecule has 0 spiro atoms. The van der Waals surface area contributed by atoms with Crippen molar-refractivity contribution in [3.63, 3.8) is 0 Å². The van der Waals surface area contributed by atoms with Gasteiger partial charge in [0.25, 0.3) is 0 Å². The van der Waals surface area contributed by atoms with Gasteiger partial charge in [0.1, 0.15) is 0 Å². The summed E-state index contributed by atoms with van der Waals surface area (Å²) in [6.07, 6.45) is 0. The van der Waals surface area contributed by atoms with Gasteiger partial charge in [-0.2, -0.15) is 0 Å². The summed E-state index contributed by atoms with van der Waals surface area (Å²) >= 11 is 4.00. The number of halogens is 4. The molecule has 0 rings (SSSR count). The van der Waals surface area contributed by atoms with Crippen LogP contribution in [0.1, 0.15) is 0 Å². The topological polar surface area (TPSA) is 0 Å². The molecule has 8 heavy (non-hydrogen) atoms. The van der Waals surface area contributed by atoms with Crippen molar-refractivity contribution in [3.8, 4) is 0 Å². The van der Waals surface area contributed by atoms with E-state index in [2.05, 4.69) is 16.1 Å². The van der Waals surface area contributed by atoms with Crippen molar-refractivity contribution in [2.75, 3.05) is 0 Å². The average molecular weight is 213 g/mol. The van der Waals surface area contributed by atoms with Gasteiger partial charge in [-0.25, -0.2) is 0 Å². The zero-order chi connectivity index (χ0) is 6.99. The summed E-state index contributed by atoms with van der Waals surface area (Å²) in [5.74, 6) is 0. The molecule has 0 nitrogen and oxygen atoms in total. The first-order valence-electron chi connectivity index (χ1n) is 1.78. The third-order valence-electron chi connectivity index (χ3n) is 0.126. The molecule has 0 aromatic carbocycles. The molecule has 42 valence electrons. The Kier molecular flexibility index (Phi) is 17.8. The van der Waals surface area contributed by atoms with E-state index in [-0.39, 0.29) is 0 Å². The molecule has 0 fully saturated rings. The Morgan fingerprint density at radius 2 is 1.50 bits per heavy atom. The Morgan fingerprint density at radius 3 is 1.50 bits per heavy atom. The first kappa shape index (κ1) is 12.4. The van der Waals surface area contributed by atoms with Crippen molar-refractivity contribution in [3.05, 3.63) is 5.16 Å². The second-order valence-corrected chi connectivity index (χ2v) is 2.28. The van der Waals surface area contributed by atoms with Crippen molar-refractivity contribution in [1.29, 1.82) is 0 Å². The molecule has 0 aromatic heterocycles. The molecular weight excluding hydrogens is 211 g/mol. The van der Waals surface area contributed by atoms with Gasteiger partial charge in [0.05, 0.1) is 0 Å². The van der Waals surface area contributed by atoms with Crippen LogP contribution in [-0.2, 0) is 0 Å². The third-order valence-corrected chi connectivity index (χ3v) is 2.70. The Morgan fingerprint density at radius 1 is 1.38 bits per heavy atom. The second kappa shape index (κ2) is 11.5. The standard InChI is InChI=1S/C2H2Br.BF3.K/c1-2-3;2-1(3)4;/h1-2H;;. The molecular formula is C2H2BBrF3K. The van der Waals surface area contributed by atoms with E-state index in [1.165, 1.54) is 0 Å². The molecule has 0 saturated heterocycles. The maximum absolute atomic E-state index is 9.67. The normalized spacial score (nSPS) is 8.25. The molecule has 0 saturated carbocycles. The van der Waals surface area contributed by atoms with E-state index >= 15 is 0 Å². The van der Waals surface area contributed by atoms with Crippen LogP contribution >= 0.6 is 15.9 Å². The van der Waals surface area contributed by atoms with Crippen molar-refractivity contribution in [2.24, 2.45) is 0 Å². The van der Waals surface area contributed by atoms with Crippen LogP contribution in [0.4, 0.5) is 12.9 Å². The molecule has 0 aliphatic rings. The van der Waals surface area contributed by atoms with E-state index in [1.807, 2.05) is 4.99 Å². The minimum atomic E-state index is -3.67. The van der Waals surface area contributed by atoms with Gasteiger partial charge in [0, 0.05) is 0 Å². The molecule has 0 N–H and O–H groups in total. The van der Waals surface area contributed by atoms with Gasteiger partial charge in [-0.3, -0.25) is 12.9 Å². The van der Waals surface area contributed by atoms with E-state index in [1.54, 1.807) is 0 Å². The Hall–Kier alpha value is 1.71. The second-order valence-electron chi connectivity index (χ2n) is 0.707. The van der Waals surface area contributed by atoms with E-state index in [9.17, 15) is 12.9 Å². The molecule has 0 atom stereocenters. The van der Waals surface area contributed by atoms with Gasteiger partial charge in [-0.05, 0) is 0 Å². The third kappa shape index (κ3) is 47.2. The van der Waals surface area contributed by atoms with Crippen molar-refractivity contribution >= 4 is 72.4 Å². The van der Waals surface area contributed by atoms with E-state index in [0.29, 0.717) is 0 Å². The van der Waals surface area contributed by atoms with E-state index in [0.717, 1.165) is 49.0 Å². The van der Waals surface area contributed by atoms with Gasteiger partial charge in [-0.15, -0.1) is 0 Å². The fraction of sp³-hybridized carbons (Fsp3) is 0. The van der Waals surface area contributed by atoms with Crippen molar-refractivity contribution in [2.45, 2.75) is 0 Å². The predicted octanol–water partition coefficient (Wildman–Crippen LogP) is 1.90. The molecule has 0 amide bonds. The summed E-state index contributed by atoms with van der Waals surface area (Å²) in [7, 11) is -3.67. The van der Waals surface area contributed by atoms with Crippen LogP contribution in [0.3, 0.4) is 0 Å². The fourth-order valence-electron chi connectivity index (χ4n) is 0. The van der Waals surface area contributed by atoms with Gasteiger partial charge < -0.3 is 0 Å². The van der Waals surface area contributed by atoms with Crippen LogP contribution in [0.5, 0.6) is 0 Å². The Bertz CT molecular complexity index is 52.5. The van der Waals surface area contributed by atoms with Crippen molar-refractivity contribution in [1.82, 2.24) is 0 Å². The predicted molar refractivity (Wildman–Crippen MR) is 32.9 cm³/mol. The minimum absolute atomic E-state index is 0.885. The molecule has 0 aliphatic carbocycles. The van der Waals surface area contributed by atoms with Gasteiger partial charge in [0.15, 0.2) is 0 Å². The maximum atomic E-state index is 9.67. The molecule has 0 bridgehead atoms. The summed E-state index contributed by atoms with van der Waals surface area (Å²) < 4.78 is 31.1. The van der Waals surface area contributed by atoms with Crippen LogP contribution < -0.4 is 0 Å². The molecule has 0 aromatic rings. The van der Waals surface area contributed by atoms with Crippen molar-refractivity contribution < 1.29 is 12.9 Å². The first-order valence-corrected chi connectivity index (χ1v) is 4.50. The SMILES string of the molecule is FB(F)F.[K]/[CH]=C/Br. The van der Waals surface area contributed by atoms with Crippen LogP contribution in [0.2, 0.25) is 0 Å².